The SMILES string of the molecule is Clc1ccccc1CCCC[Si](Cl)(Cl)Cl. The van der Waals surface area contributed by atoms with Crippen LogP contribution in [0.5, 0.6) is 0 Å². The third-order valence-electron chi connectivity index (χ3n) is 2.11. The van der Waals surface area contributed by atoms with E-state index in [0.29, 0.717) is 0 Å². The van der Waals surface area contributed by atoms with E-state index in [9.17, 15) is 0 Å². The van der Waals surface area contributed by atoms with Crippen LogP contribution in [0.15, 0.2) is 24.3 Å². The zero-order valence-corrected chi connectivity index (χ0v) is 12.2. The Kier molecular flexibility index (Phi) is 5.79. The maximum absolute atomic E-state index is 6.02. The van der Waals surface area contributed by atoms with Crippen molar-refractivity contribution in [1.82, 2.24) is 0 Å². The number of hydrogen-bond donors (Lipinski definition) is 0. The van der Waals surface area contributed by atoms with Crippen LogP contribution in [0, 0.1) is 0 Å². The number of aryl methyl sites for hydroxylation is 1. The summed E-state index contributed by atoms with van der Waals surface area (Å²) < 4.78 is 0. The van der Waals surface area contributed by atoms with Gasteiger partial charge in [-0.05, 0) is 30.5 Å². The molecule has 0 atom stereocenters. The van der Waals surface area contributed by atoms with E-state index in [1.807, 2.05) is 24.3 Å². The third kappa shape index (κ3) is 6.03. The van der Waals surface area contributed by atoms with Gasteiger partial charge in [-0.25, -0.2) is 0 Å². The maximum Gasteiger partial charge on any atom is 0.341 e. The van der Waals surface area contributed by atoms with E-state index in [1.165, 1.54) is 5.56 Å². The molecule has 0 nitrogen and oxygen atoms in total. The molecule has 0 heterocycles. The van der Waals surface area contributed by atoms with Gasteiger partial charge in [-0.3, -0.25) is 0 Å². The van der Waals surface area contributed by atoms with Crippen LogP contribution in [0.2, 0.25) is 11.1 Å². The Morgan fingerprint density at radius 3 is 2.27 bits per heavy atom. The average molecular weight is 302 g/mol. The molecule has 1 aromatic carbocycles. The second-order valence-corrected chi connectivity index (χ2v) is 13.1. The summed E-state index contributed by atoms with van der Waals surface area (Å²) in [6.45, 7) is 0. The van der Waals surface area contributed by atoms with Crippen molar-refractivity contribution in [3.63, 3.8) is 0 Å². The first-order valence-electron chi connectivity index (χ1n) is 4.79. The maximum atomic E-state index is 6.02. The summed E-state index contributed by atoms with van der Waals surface area (Å²) in [6, 6.07) is 6.16. The molecule has 0 amide bonds. The van der Waals surface area contributed by atoms with Crippen LogP contribution < -0.4 is 0 Å². The van der Waals surface area contributed by atoms with Crippen molar-refractivity contribution in [1.29, 1.82) is 0 Å². The fourth-order valence-electron chi connectivity index (χ4n) is 1.34. The quantitative estimate of drug-likeness (QED) is 0.392. The van der Waals surface area contributed by atoms with E-state index in [1.54, 1.807) is 0 Å². The fraction of sp³-hybridized carbons (Fsp3) is 0.400. The molecule has 0 aliphatic rings. The van der Waals surface area contributed by atoms with Gasteiger partial charge in [-0.1, -0.05) is 36.2 Å². The van der Waals surface area contributed by atoms with Gasteiger partial charge in [-0.2, -0.15) is 0 Å². The van der Waals surface area contributed by atoms with Gasteiger partial charge in [-0.15, -0.1) is 33.2 Å². The Bertz CT molecular complexity index is 309. The summed E-state index contributed by atoms with van der Waals surface area (Å²) in [5.74, 6) is 0. The lowest BCUT2D eigenvalue weighted by molar-refractivity contribution is 0.791. The second kappa shape index (κ2) is 6.36. The van der Waals surface area contributed by atoms with Gasteiger partial charge >= 0.3 is 6.00 Å². The Morgan fingerprint density at radius 2 is 1.67 bits per heavy atom. The molecule has 0 aromatic heterocycles. The summed E-state index contributed by atoms with van der Waals surface area (Å²) in [7, 11) is 0. The van der Waals surface area contributed by atoms with Crippen LogP contribution in [-0.4, -0.2) is 6.00 Å². The molecule has 0 spiro atoms. The zero-order valence-electron chi connectivity index (χ0n) is 8.15. The standard InChI is InChI=1S/C10H12Cl4Si/c11-10-7-2-1-5-9(10)6-3-4-8-15(12,13)14/h1-2,5,7H,3-4,6,8H2. The summed E-state index contributed by atoms with van der Waals surface area (Å²) in [5.41, 5.74) is 1.17. The second-order valence-electron chi connectivity index (χ2n) is 3.41. The third-order valence-corrected chi connectivity index (χ3v) is 5.10. The Morgan fingerprint density at radius 1 is 1.00 bits per heavy atom. The van der Waals surface area contributed by atoms with Crippen LogP contribution in [0.25, 0.3) is 0 Å². The highest BCUT2D eigenvalue weighted by atomic mass is 35.8. The Balaban J connectivity index is 2.30. The van der Waals surface area contributed by atoms with Gasteiger partial charge < -0.3 is 0 Å². The largest absolute Gasteiger partial charge is 0.341 e. The van der Waals surface area contributed by atoms with Crippen molar-refractivity contribution in [3.05, 3.63) is 34.9 Å². The number of rotatable bonds is 5. The minimum absolute atomic E-state index is 0.724. The van der Waals surface area contributed by atoms with E-state index < -0.39 is 6.00 Å². The topological polar surface area (TPSA) is 0 Å². The van der Waals surface area contributed by atoms with E-state index in [4.69, 9.17) is 44.8 Å². The highest BCUT2D eigenvalue weighted by Crippen LogP contribution is 2.27. The summed E-state index contributed by atoms with van der Waals surface area (Å²) >= 11 is 23.4. The van der Waals surface area contributed by atoms with Crippen LogP contribution in [-0.2, 0) is 6.42 Å². The monoisotopic (exact) mass is 300 g/mol. The molecule has 0 aliphatic carbocycles. The van der Waals surface area contributed by atoms with Crippen molar-refractivity contribution >= 4 is 50.8 Å². The molecule has 1 aromatic rings. The molecule has 0 bridgehead atoms. The highest BCUT2D eigenvalue weighted by Gasteiger charge is 2.23. The molecular weight excluding hydrogens is 290 g/mol. The Hall–Kier alpha value is 0.597. The van der Waals surface area contributed by atoms with Gasteiger partial charge in [0.25, 0.3) is 0 Å². The zero-order chi connectivity index (χ0) is 11.3. The summed E-state index contributed by atoms with van der Waals surface area (Å²) in [5, 5.41) is 0.823. The van der Waals surface area contributed by atoms with Crippen LogP contribution in [0.1, 0.15) is 18.4 Å². The highest BCUT2D eigenvalue weighted by molar-refractivity contribution is 7.64. The average Bonchev–Trinajstić information content (AvgIpc) is 2.13. The minimum Gasteiger partial charge on any atom is -0.126 e. The molecule has 0 aliphatic heterocycles. The molecule has 15 heavy (non-hydrogen) atoms. The van der Waals surface area contributed by atoms with Gasteiger partial charge in [0.15, 0.2) is 0 Å². The lowest BCUT2D eigenvalue weighted by atomic mass is 10.1. The molecule has 0 saturated heterocycles. The molecule has 84 valence electrons. The molecular formula is C10H12Cl4Si. The van der Waals surface area contributed by atoms with Gasteiger partial charge in [0, 0.05) is 5.02 Å². The Labute approximate surface area is 111 Å². The van der Waals surface area contributed by atoms with Gasteiger partial charge in [0.2, 0.25) is 0 Å². The molecule has 0 fully saturated rings. The van der Waals surface area contributed by atoms with Crippen molar-refractivity contribution in [3.8, 4) is 0 Å². The first kappa shape index (κ1) is 13.7. The van der Waals surface area contributed by atoms with E-state index in [-0.39, 0.29) is 0 Å². The predicted molar refractivity (Wildman–Crippen MR) is 72.5 cm³/mol. The number of hydrogen-bond acceptors (Lipinski definition) is 0. The number of benzene rings is 1. The first-order chi connectivity index (χ1) is 6.99. The molecule has 1 rings (SSSR count). The van der Waals surface area contributed by atoms with E-state index in [0.717, 1.165) is 30.3 Å². The lowest BCUT2D eigenvalue weighted by Gasteiger charge is -2.07. The molecule has 5 heteroatoms. The smallest absolute Gasteiger partial charge is 0.126 e. The van der Waals surface area contributed by atoms with Crippen molar-refractivity contribution in [2.75, 3.05) is 0 Å². The van der Waals surface area contributed by atoms with E-state index in [2.05, 4.69) is 0 Å². The molecule has 0 unspecified atom stereocenters. The lowest BCUT2D eigenvalue weighted by Crippen LogP contribution is -2.07. The summed E-state index contributed by atoms with van der Waals surface area (Å²) in [4.78, 5) is 0. The fourth-order valence-corrected chi connectivity index (χ4v) is 3.43. The molecule has 0 saturated carbocycles. The van der Waals surface area contributed by atoms with E-state index >= 15 is 0 Å². The summed E-state index contributed by atoms with van der Waals surface area (Å²) in [6.07, 6.45) is 2.92. The molecule has 0 radical (unpaired) electrons. The van der Waals surface area contributed by atoms with Crippen LogP contribution >= 0.6 is 44.8 Å². The van der Waals surface area contributed by atoms with Gasteiger partial charge in [0.1, 0.15) is 0 Å². The normalized spacial score (nSPS) is 11.7. The minimum atomic E-state index is -2.43. The van der Waals surface area contributed by atoms with Crippen LogP contribution in [0.3, 0.4) is 0 Å². The first-order valence-corrected chi connectivity index (χ1v) is 10.4. The van der Waals surface area contributed by atoms with Crippen molar-refractivity contribution in [2.45, 2.75) is 25.3 Å². The predicted octanol–water partition coefficient (Wildman–Crippen LogP) is 5.32. The van der Waals surface area contributed by atoms with Crippen molar-refractivity contribution in [2.24, 2.45) is 0 Å². The number of halogens is 4. The van der Waals surface area contributed by atoms with Gasteiger partial charge in [0.05, 0.1) is 0 Å². The van der Waals surface area contributed by atoms with Crippen LogP contribution in [0.4, 0.5) is 0 Å². The molecule has 0 N–H and O–H groups in total. The number of unbranched alkanes of at least 4 members (excludes halogenated alkanes) is 1. The van der Waals surface area contributed by atoms with Crippen molar-refractivity contribution < 1.29 is 0 Å².